The first-order valence-electron chi connectivity index (χ1n) is 9.20. The number of nitrogens with one attached hydrogen (secondary N) is 3. The van der Waals surface area contributed by atoms with E-state index in [1.54, 1.807) is 48.5 Å². The molecule has 6 nitrogen and oxygen atoms in total. The van der Waals surface area contributed by atoms with Gasteiger partial charge in [0, 0.05) is 11.6 Å². The van der Waals surface area contributed by atoms with Crippen LogP contribution in [-0.4, -0.2) is 24.6 Å². The van der Waals surface area contributed by atoms with Gasteiger partial charge in [-0.15, -0.1) is 0 Å². The molecule has 0 radical (unpaired) electrons. The second-order valence-electron chi connectivity index (χ2n) is 6.48. The Hall–Kier alpha value is -3.02. The van der Waals surface area contributed by atoms with E-state index >= 15 is 0 Å². The van der Waals surface area contributed by atoms with E-state index in [0.29, 0.717) is 23.5 Å². The van der Waals surface area contributed by atoms with Gasteiger partial charge in [0.05, 0.1) is 18.0 Å². The largest absolute Gasteiger partial charge is 0.494 e. The third-order valence-electron chi connectivity index (χ3n) is 3.73. The van der Waals surface area contributed by atoms with Crippen molar-refractivity contribution in [2.24, 2.45) is 0 Å². The maximum Gasteiger partial charge on any atom is 0.319 e. The Labute approximate surface area is 160 Å². The fourth-order valence-electron chi connectivity index (χ4n) is 2.35. The summed E-state index contributed by atoms with van der Waals surface area (Å²) in [7, 11) is 0. The summed E-state index contributed by atoms with van der Waals surface area (Å²) in [4.78, 5) is 24.4. The summed E-state index contributed by atoms with van der Waals surface area (Å²) in [6.07, 6.45) is 2.07. The van der Waals surface area contributed by atoms with E-state index < -0.39 is 0 Å². The first-order valence-corrected chi connectivity index (χ1v) is 9.20. The molecule has 0 aliphatic heterocycles. The van der Waals surface area contributed by atoms with Crippen LogP contribution < -0.4 is 20.7 Å². The highest BCUT2D eigenvalue weighted by molar-refractivity contribution is 6.07. The molecule has 0 saturated carbocycles. The average Bonchev–Trinajstić information content (AvgIpc) is 2.63. The second-order valence-corrected chi connectivity index (χ2v) is 6.48. The van der Waals surface area contributed by atoms with Gasteiger partial charge in [-0.25, -0.2) is 4.79 Å². The molecule has 0 atom stereocenters. The van der Waals surface area contributed by atoms with Crippen LogP contribution in [0.3, 0.4) is 0 Å². The Kier molecular flexibility index (Phi) is 7.67. The van der Waals surface area contributed by atoms with E-state index in [9.17, 15) is 9.59 Å². The van der Waals surface area contributed by atoms with Crippen LogP contribution in [0.2, 0.25) is 0 Å². The average molecular weight is 369 g/mol. The highest BCUT2D eigenvalue weighted by Crippen LogP contribution is 2.22. The zero-order valence-corrected chi connectivity index (χ0v) is 16.0. The van der Waals surface area contributed by atoms with Crippen LogP contribution in [0.25, 0.3) is 0 Å². The molecule has 3 amide bonds. The van der Waals surface area contributed by atoms with Crippen molar-refractivity contribution in [3.8, 4) is 5.75 Å². The number of anilines is 2. The van der Waals surface area contributed by atoms with Gasteiger partial charge in [0.1, 0.15) is 5.75 Å². The van der Waals surface area contributed by atoms with Gasteiger partial charge in [-0.05, 0) is 56.7 Å². The third-order valence-corrected chi connectivity index (χ3v) is 3.73. The monoisotopic (exact) mass is 369 g/mol. The van der Waals surface area contributed by atoms with E-state index in [0.717, 1.165) is 18.6 Å². The zero-order chi connectivity index (χ0) is 19.6. The van der Waals surface area contributed by atoms with Gasteiger partial charge in [0.2, 0.25) is 0 Å². The van der Waals surface area contributed by atoms with Gasteiger partial charge in [-0.3, -0.25) is 4.79 Å². The number of unbranched alkanes of at least 4 members (excludes halogenated alkanes) is 1. The topological polar surface area (TPSA) is 79.5 Å². The fourth-order valence-corrected chi connectivity index (χ4v) is 2.35. The number of rotatable bonds is 8. The van der Waals surface area contributed by atoms with E-state index in [4.69, 9.17) is 4.74 Å². The molecular weight excluding hydrogens is 342 g/mol. The number of carbonyl (C=O) groups excluding carboxylic acids is 2. The van der Waals surface area contributed by atoms with Crippen LogP contribution in [0.15, 0.2) is 48.5 Å². The minimum Gasteiger partial charge on any atom is -0.494 e. The van der Waals surface area contributed by atoms with Crippen LogP contribution in [0.1, 0.15) is 44.0 Å². The molecule has 0 fully saturated rings. The summed E-state index contributed by atoms with van der Waals surface area (Å²) < 4.78 is 5.61. The molecule has 6 heteroatoms. The Morgan fingerprint density at radius 1 is 0.963 bits per heavy atom. The van der Waals surface area contributed by atoms with Crippen LogP contribution in [-0.2, 0) is 0 Å². The van der Waals surface area contributed by atoms with Gasteiger partial charge >= 0.3 is 6.03 Å². The maximum absolute atomic E-state index is 12.5. The van der Waals surface area contributed by atoms with Crippen LogP contribution in [0.4, 0.5) is 16.2 Å². The molecule has 2 rings (SSSR count). The molecule has 2 aromatic carbocycles. The molecule has 0 bridgehead atoms. The normalized spacial score (nSPS) is 10.4. The Bertz CT molecular complexity index is 758. The highest BCUT2D eigenvalue weighted by atomic mass is 16.5. The van der Waals surface area contributed by atoms with E-state index in [1.807, 2.05) is 13.8 Å². The molecule has 0 aliphatic rings. The lowest BCUT2D eigenvalue weighted by molar-refractivity contribution is 0.102. The van der Waals surface area contributed by atoms with Crippen molar-refractivity contribution in [3.63, 3.8) is 0 Å². The number of hydrogen-bond donors (Lipinski definition) is 3. The molecule has 0 aliphatic carbocycles. The van der Waals surface area contributed by atoms with Crippen LogP contribution in [0.5, 0.6) is 5.75 Å². The number of ether oxygens (including phenoxy) is 1. The molecule has 0 spiro atoms. The fraction of sp³-hybridized carbons (Fsp3) is 0.333. The summed E-state index contributed by atoms with van der Waals surface area (Å²) in [6, 6.07) is 13.8. The Balaban J connectivity index is 2.02. The van der Waals surface area contributed by atoms with Crippen molar-refractivity contribution in [3.05, 3.63) is 54.1 Å². The number of urea groups is 1. The van der Waals surface area contributed by atoms with Crippen molar-refractivity contribution in [2.75, 3.05) is 17.2 Å². The van der Waals surface area contributed by atoms with Gasteiger partial charge in [0.15, 0.2) is 0 Å². The van der Waals surface area contributed by atoms with Gasteiger partial charge in [-0.2, -0.15) is 0 Å². The molecule has 27 heavy (non-hydrogen) atoms. The predicted octanol–water partition coefficient (Wildman–Crippen LogP) is 4.65. The molecular formula is C21H27N3O3. The minimum absolute atomic E-state index is 0.0183. The number of carbonyl (C=O) groups is 2. The van der Waals surface area contributed by atoms with Gasteiger partial charge in [-0.1, -0.05) is 25.5 Å². The van der Waals surface area contributed by atoms with Crippen molar-refractivity contribution in [1.82, 2.24) is 5.32 Å². The lowest BCUT2D eigenvalue weighted by Crippen LogP contribution is -2.34. The number of para-hydroxylation sites is 2. The predicted molar refractivity (Wildman–Crippen MR) is 109 cm³/mol. The molecule has 0 saturated heterocycles. The van der Waals surface area contributed by atoms with E-state index in [1.165, 1.54) is 0 Å². The standard InChI is InChI=1S/C21H27N3O3/c1-4-5-14-27-17-12-10-16(11-13-17)20(25)23-18-8-6-7-9-19(18)24-21(26)22-15(2)3/h6-13,15H,4-5,14H2,1-3H3,(H,23,25)(H2,22,24,26). The minimum atomic E-state index is -0.319. The highest BCUT2D eigenvalue weighted by Gasteiger charge is 2.11. The van der Waals surface area contributed by atoms with E-state index in [2.05, 4.69) is 22.9 Å². The van der Waals surface area contributed by atoms with Gasteiger partial charge in [0.25, 0.3) is 5.91 Å². The Morgan fingerprint density at radius 3 is 2.19 bits per heavy atom. The molecule has 3 N–H and O–H groups in total. The molecule has 2 aromatic rings. The summed E-state index contributed by atoms with van der Waals surface area (Å²) >= 11 is 0. The molecule has 0 heterocycles. The summed E-state index contributed by atoms with van der Waals surface area (Å²) in [6.45, 7) is 6.53. The van der Waals surface area contributed by atoms with Crippen molar-refractivity contribution >= 4 is 23.3 Å². The van der Waals surface area contributed by atoms with Crippen molar-refractivity contribution < 1.29 is 14.3 Å². The zero-order valence-electron chi connectivity index (χ0n) is 16.0. The number of hydrogen-bond acceptors (Lipinski definition) is 3. The third kappa shape index (κ3) is 6.66. The molecule has 0 aromatic heterocycles. The molecule has 144 valence electrons. The summed E-state index contributed by atoms with van der Waals surface area (Å²) in [5, 5.41) is 8.34. The lowest BCUT2D eigenvalue weighted by atomic mass is 10.2. The quantitative estimate of drug-likeness (QED) is 0.593. The van der Waals surface area contributed by atoms with Crippen molar-refractivity contribution in [2.45, 2.75) is 39.7 Å². The first-order chi connectivity index (χ1) is 13.0. The van der Waals surface area contributed by atoms with Crippen molar-refractivity contribution in [1.29, 1.82) is 0 Å². The lowest BCUT2D eigenvalue weighted by Gasteiger charge is -2.14. The number of benzene rings is 2. The van der Waals surface area contributed by atoms with Crippen LogP contribution >= 0.6 is 0 Å². The van der Waals surface area contributed by atoms with Crippen LogP contribution in [0, 0.1) is 0 Å². The Morgan fingerprint density at radius 2 is 1.59 bits per heavy atom. The molecule has 0 unspecified atom stereocenters. The smallest absolute Gasteiger partial charge is 0.319 e. The first kappa shape index (κ1) is 20.3. The summed E-state index contributed by atoms with van der Waals surface area (Å²) in [5.41, 5.74) is 1.58. The maximum atomic E-state index is 12.5. The SMILES string of the molecule is CCCCOc1ccc(C(=O)Nc2ccccc2NC(=O)NC(C)C)cc1. The second kappa shape index (κ2) is 10.2. The number of amides is 3. The van der Waals surface area contributed by atoms with Gasteiger partial charge < -0.3 is 20.7 Å². The van der Waals surface area contributed by atoms with E-state index in [-0.39, 0.29) is 18.0 Å². The summed E-state index contributed by atoms with van der Waals surface area (Å²) in [5.74, 6) is 0.487.